The van der Waals surface area contributed by atoms with Crippen molar-refractivity contribution in [2.24, 2.45) is 11.3 Å². The van der Waals surface area contributed by atoms with Gasteiger partial charge < -0.3 is 24.8 Å². The van der Waals surface area contributed by atoms with E-state index in [1.165, 1.54) is 16.6 Å². The number of para-hydroxylation sites is 1. The zero-order valence-electron chi connectivity index (χ0n) is 24.4. The summed E-state index contributed by atoms with van der Waals surface area (Å²) in [5.41, 5.74) is 3.61. The number of likely N-dealkylation sites (tertiary alicyclic amines) is 1. The molecule has 7 heteroatoms. The van der Waals surface area contributed by atoms with Crippen LogP contribution in [0, 0.1) is 18.3 Å². The van der Waals surface area contributed by atoms with E-state index < -0.39 is 5.54 Å². The Kier molecular flexibility index (Phi) is 6.68. The molecule has 212 valence electrons. The number of carbonyl (C=O) groups excluding carboxylic acids is 2. The molecule has 40 heavy (non-hydrogen) atoms. The van der Waals surface area contributed by atoms with Gasteiger partial charge in [-0.3, -0.25) is 9.59 Å². The number of piperidine rings is 1. The lowest BCUT2D eigenvalue weighted by molar-refractivity contribution is -0.150. The van der Waals surface area contributed by atoms with Crippen LogP contribution >= 0.6 is 0 Å². The highest BCUT2D eigenvalue weighted by Crippen LogP contribution is 2.67. The molecule has 2 N–H and O–H groups in total. The zero-order chi connectivity index (χ0) is 28.2. The molecule has 2 aromatic carbocycles. The number of hydrogen-bond donors (Lipinski definition) is 2. The fraction of sp³-hybridized carbons (Fsp3) is 0.515. The number of nitrogens with zero attached hydrogens (tertiary/aromatic N) is 2. The normalized spacial score (nSPS) is 23.5. The van der Waals surface area contributed by atoms with Gasteiger partial charge >= 0.3 is 0 Å². The highest BCUT2D eigenvalue weighted by atomic mass is 16.5. The monoisotopic (exact) mass is 542 g/mol. The summed E-state index contributed by atoms with van der Waals surface area (Å²) in [7, 11) is 3.72. The van der Waals surface area contributed by atoms with Crippen LogP contribution in [-0.4, -0.2) is 65.4 Å². The molecule has 2 amide bonds. The number of H-pyrrole nitrogens is 1. The van der Waals surface area contributed by atoms with Crippen molar-refractivity contribution in [2.45, 2.75) is 70.4 Å². The number of aromatic nitrogens is 1. The summed E-state index contributed by atoms with van der Waals surface area (Å²) in [4.78, 5) is 36.4. The Morgan fingerprint density at radius 1 is 1.07 bits per heavy atom. The molecule has 2 saturated carbocycles. The number of anilines is 1. The molecule has 0 radical (unpaired) electrons. The maximum absolute atomic E-state index is 14.4. The lowest BCUT2D eigenvalue weighted by Crippen LogP contribution is -2.64. The molecule has 7 nitrogen and oxygen atoms in total. The van der Waals surface area contributed by atoms with E-state index in [0.717, 1.165) is 42.9 Å². The summed E-state index contributed by atoms with van der Waals surface area (Å²) in [6.07, 6.45) is 3.70. The summed E-state index contributed by atoms with van der Waals surface area (Å²) in [6.45, 7) is 8.31. The first kappa shape index (κ1) is 26.9. The summed E-state index contributed by atoms with van der Waals surface area (Å²) < 4.78 is 5.28. The van der Waals surface area contributed by atoms with Gasteiger partial charge in [0.25, 0.3) is 0 Å². The van der Waals surface area contributed by atoms with Gasteiger partial charge in [-0.15, -0.1) is 0 Å². The van der Waals surface area contributed by atoms with E-state index in [-0.39, 0.29) is 29.2 Å². The van der Waals surface area contributed by atoms with Crippen molar-refractivity contribution in [2.75, 3.05) is 32.6 Å². The molecule has 0 bridgehead atoms. The summed E-state index contributed by atoms with van der Waals surface area (Å²) in [5, 5.41) is 4.43. The molecule has 6 rings (SSSR count). The first-order valence-electron chi connectivity index (χ1n) is 14.7. The van der Waals surface area contributed by atoms with Gasteiger partial charge in [-0.1, -0.05) is 32.0 Å². The van der Waals surface area contributed by atoms with Gasteiger partial charge in [-0.2, -0.15) is 0 Å². The number of carbonyl (C=O) groups is 2. The van der Waals surface area contributed by atoms with Crippen LogP contribution in [0.25, 0.3) is 10.9 Å². The Labute approximate surface area is 237 Å². The van der Waals surface area contributed by atoms with Gasteiger partial charge in [0.2, 0.25) is 11.8 Å². The van der Waals surface area contributed by atoms with E-state index in [0.29, 0.717) is 25.2 Å². The quantitative estimate of drug-likeness (QED) is 0.382. The number of methoxy groups -OCH3 is 1. The highest BCUT2D eigenvalue weighted by molar-refractivity contribution is 6.01. The van der Waals surface area contributed by atoms with Crippen molar-refractivity contribution in [3.63, 3.8) is 0 Å². The van der Waals surface area contributed by atoms with Crippen molar-refractivity contribution in [3.8, 4) is 5.75 Å². The average molecular weight is 543 g/mol. The van der Waals surface area contributed by atoms with Gasteiger partial charge in [-0.25, -0.2) is 0 Å². The van der Waals surface area contributed by atoms with E-state index in [4.69, 9.17) is 4.74 Å². The van der Waals surface area contributed by atoms with Gasteiger partial charge in [0.1, 0.15) is 11.3 Å². The lowest BCUT2D eigenvalue weighted by atomic mass is 9.83. The van der Waals surface area contributed by atoms with E-state index in [9.17, 15) is 9.59 Å². The number of amides is 2. The first-order valence-corrected chi connectivity index (χ1v) is 14.7. The molecule has 2 aliphatic carbocycles. The summed E-state index contributed by atoms with van der Waals surface area (Å²) in [6, 6.07) is 16.0. The standard InChI is InChI=1S/C33H42N4O3/c1-21-29(25-8-6-7-9-27(25)34-21)30-26(32(30,2)3)20-28(38)37(23-12-13-23)33(16-18-36(4)19-17-33)31(39)35-22-10-14-24(40-5)15-11-22/h6-11,14-15,23,26,30,34H,12-13,16-20H2,1-5H3,(H,35,39)/t26-,30-/m0/s1. The maximum atomic E-state index is 14.4. The van der Waals surface area contributed by atoms with Crippen LogP contribution in [0.5, 0.6) is 5.75 Å². The number of aryl methyl sites for hydroxylation is 1. The van der Waals surface area contributed by atoms with Crippen LogP contribution in [0.4, 0.5) is 5.69 Å². The third-order valence-electron chi connectivity index (χ3n) is 9.93. The van der Waals surface area contributed by atoms with Crippen molar-refractivity contribution >= 4 is 28.4 Å². The number of ether oxygens (including phenoxy) is 1. The molecule has 3 aliphatic rings. The summed E-state index contributed by atoms with van der Waals surface area (Å²) >= 11 is 0. The highest BCUT2D eigenvalue weighted by Gasteiger charge is 2.61. The Bertz CT molecular complexity index is 1410. The van der Waals surface area contributed by atoms with Gasteiger partial charge in [0.15, 0.2) is 0 Å². The Morgan fingerprint density at radius 3 is 2.40 bits per heavy atom. The fourth-order valence-electron chi connectivity index (χ4n) is 7.30. The van der Waals surface area contributed by atoms with Crippen molar-refractivity contribution in [3.05, 3.63) is 59.8 Å². The van der Waals surface area contributed by atoms with Crippen LogP contribution in [-0.2, 0) is 9.59 Å². The van der Waals surface area contributed by atoms with Crippen molar-refractivity contribution in [1.82, 2.24) is 14.8 Å². The summed E-state index contributed by atoms with van der Waals surface area (Å²) in [5.74, 6) is 1.37. The van der Waals surface area contributed by atoms with E-state index in [1.807, 2.05) is 29.2 Å². The largest absolute Gasteiger partial charge is 0.497 e. The molecule has 3 aromatic rings. The number of fused-ring (bicyclic) bond motifs is 1. The predicted octanol–water partition coefficient (Wildman–Crippen LogP) is 5.71. The fourth-order valence-corrected chi connectivity index (χ4v) is 7.30. The van der Waals surface area contributed by atoms with E-state index in [1.54, 1.807) is 7.11 Å². The van der Waals surface area contributed by atoms with Crippen molar-refractivity contribution < 1.29 is 14.3 Å². The minimum absolute atomic E-state index is 0.0197. The van der Waals surface area contributed by atoms with Crippen molar-refractivity contribution in [1.29, 1.82) is 0 Å². The first-order chi connectivity index (χ1) is 19.2. The number of aromatic amines is 1. The SMILES string of the molecule is COc1ccc(NC(=O)C2(N(C(=O)C[C@H]3[C@@H](c4c(C)[nH]c5ccccc45)C3(C)C)C3CC3)CCN(C)CC2)cc1. The van der Waals surface area contributed by atoms with Crippen LogP contribution in [0.1, 0.15) is 63.1 Å². The molecule has 1 aromatic heterocycles. The number of nitrogens with one attached hydrogen (secondary N) is 2. The molecule has 3 fully saturated rings. The number of hydrogen-bond acceptors (Lipinski definition) is 4. The molecule has 0 unspecified atom stereocenters. The maximum Gasteiger partial charge on any atom is 0.250 e. The second kappa shape index (κ2) is 9.95. The molecule has 2 heterocycles. The molecular weight excluding hydrogens is 500 g/mol. The lowest BCUT2D eigenvalue weighted by Gasteiger charge is -2.47. The minimum Gasteiger partial charge on any atom is -0.497 e. The van der Waals surface area contributed by atoms with Crippen LogP contribution < -0.4 is 10.1 Å². The van der Waals surface area contributed by atoms with Crippen LogP contribution in [0.2, 0.25) is 0 Å². The topological polar surface area (TPSA) is 77.7 Å². The molecule has 1 saturated heterocycles. The predicted molar refractivity (Wildman–Crippen MR) is 159 cm³/mol. The second-order valence-corrected chi connectivity index (χ2v) is 12.8. The average Bonchev–Trinajstić information content (AvgIpc) is 3.82. The molecule has 0 spiro atoms. The van der Waals surface area contributed by atoms with Crippen LogP contribution in [0.15, 0.2) is 48.5 Å². The molecule has 2 atom stereocenters. The van der Waals surface area contributed by atoms with Gasteiger partial charge in [-0.05, 0) is 92.8 Å². The van der Waals surface area contributed by atoms with E-state index >= 15 is 0 Å². The van der Waals surface area contributed by atoms with Gasteiger partial charge in [0, 0.05) is 47.8 Å². The molecule has 1 aliphatic heterocycles. The third kappa shape index (κ3) is 4.58. The molecular formula is C33H42N4O3. The Balaban J connectivity index is 1.27. The van der Waals surface area contributed by atoms with Gasteiger partial charge in [0.05, 0.1) is 7.11 Å². The van der Waals surface area contributed by atoms with Crippen LogP contribution in [0.3, 0.4) is 0 Å². The Morgan fingerprint density at radius 2 is 1.75 bits per heavy atom. The minimum atomic E-state index is -0.837. The number of rotatable bonds is 8. The Hall–Kier alpha value is -3.32. The van der Waals surface area contributed by atoms with E-state index in [2.05, 4.69) is 67.3 Å². The second-order valence-electron chi connectivity index (χ2n) is 12.8. The smallest absolute Gasteiger partial charge is 0.250 e. The third-order valence-corrected chi connectivity index (χ3v) is 9.93. The zero-order valence-corrected chi connectivity index (χ0v) is 24.4. The number of benzene rings is 2.